The van der Waals surface area contributed by atoms with Gasteiger partial charge in [0.15, 0.2) is 0 Å². The number of hydrogen-bond donors (Lipinski definition) is 3. The number of imide groups is 1. The lowest BCUT2D eigenvalue weighted by atomic mass is 10.0. The zero-order chi connectivity index (χ0) is 21.3. The number of hydrogen-bond acceptors (Lipinski definition) is 5. The highest BCUT2D eigenvalue weighted by molar-refractivity contribution is 7.89. The maximum Gasteiger partial charge on any atom is 0.328 e. The number of urea groups is 1. The molecule has 1 fully saturated rings. The molecular formula is C19H20N4O5S. The molecule has 0 bridgehead atoms. The summed E-state index contributed by atoms with van der Waals surface area (Å²) in [4.78, 5) is 38.6. The largest absolute Gasteiger partial charge is 0.336 e. The molecule has 2 aromatic rings. The highest BCUT2D eigenvalue weighted by atomic mass is 32.2. The van der Waals surface area contributed by atoms with E-state index >= 15 is 0 Å². The molecular weight excluding hydrogens is 396 g/mol. The molecule has 9 nitrogen and oxygen atoms in total. The van der Waals surface area contributed by atoms with Crippen LogP contribution in [0.25, 0.3) is 0 Å². The first kappa shape index (κ1) is 20.5. The average Bonchev–Trinajstić information content (AvgIpc) is 2.64. The van der Waals surface area contributed by atoms with Crippen LogP contribution >= 0.6 is 0 Å². The van der Waals surface area contributed by atoms with Crippen LogP contribution in [-0.2, 0) is 19.6 Å². The summed E-state index contributed by atoms with van der Waals surface area (Å²) in [5.41, 5.74) is 2.59. The average molecular weight is 416 g/mol. The summed E-state index contributed by atoms with van der Waals surface area (Å²) < 4.78 is 22.6. The Morgan fingerprint density at radius 1 is 1.10 bits per heavy atom. The van der Waals surface area contributed by atoms with Crippen molar-refractivity contribution in [2.24, 2.45) is 11.1 Å². The lowest BCUT2D eigenvalue weighted by Crippen LogP contribution is -2.58. The van der Waals surface area contributed by atoms with Crippen LogP contribution in [0.2, 0.25) is 0 Å². The van der Waals surface area contributed by atoms with E-state index in [-0.39, 0.29) is 11.4 Å². The minimum atomic E-state index is -3.85. The first-order chi connectivity index (χ1) is 13.6. The van der Waals surface area contributed by atoms with Gasteiger partial charge in [-0.15, -0.1) is 0 Å². The monoisotopic (exact) mass is 416 g/mol. The number of benzene rings is 2. The number of carbonyl (C=O) groups is 3. The van der Waals surface area contributed by atoms with Crippen molar-refractivity contribution < 1.29 is 22.8 Å². The predicted molar refractivity (Wildman–Crippen MR) is 107 cm³/mol. The van der Waals surface area contributed by atoms with Gasteiger partial charge in [-0.05, 0) is 61.4 Å². The van der Waals surface area contributed by atoms with Crippen molar-refractivity contribution in [2.45, 2.75) is 18.7 Å². The molecule has 10 heteroatoms. The van der Waals surface area contributed by atoms with Gasteiger partial charge in [0.1, 0.15) is 5.92 Å². The van der Waals surface area contributed by atoms with Gasteiger partial charge in [0, 0.05) is 12.2 Å². The third-order valence-electron chi connectivity index (χ3n) is 4.69. The van der Waals surface area contributed by atoms with E-state index in [0.29, 0.717) is 11.4 Å². The number of aryl methyl sites for hydroxylation is 2. The number of sulfonamides is 1. The van der Waals surface area contributed by atoms with E-state index in [9.17, 15) is 22.8 Å². The Balaban J connectivity index is 1.79. The minimum absolute atomic E-state index is 0.0996. The van der Waals surface area contributed by atoms with Crippen molar-refractivity contribution in [1.29, 1.82) is 0 Å². The van der Waals surface area contributed by atoms with Crippen LogP contribution in [0.4, 0.5) is 16.2 Å². The molecule has 1 aliphatic heterocycles. The standard InChI is InChI=1S/C19H20N4O5S/c1-11-3-6-14(9-12(11)2)23-18(25)16(10-21-19(23)26)17(24)22-13-4-7-15(8-5-13)29(20,27)28/h3-9,16H,10H2,1-2H3,(H,21,26)(H,22,24)(H2,20,27,28). The van der Waals surface area contributed by atoms with Gasteiger partial charge in [-0.2, -0.15) is 0 Å². The van der Waals surface area contributed by atoms with E-state index in [1.807, 2.05) is 13.8 Å². The number of nitrogens with two attached hydrogens (primary N) is 1. The van der Waals surface area contributed by atoms with E-state index in [1.165, 1.54) is 24.3 Å². The molecule has 4 N–H and O–H groups in total. The molecule has 1 saturated heterocycles. The van der Waals surface area contributed by atoms with Crippen molar-refractivity contribution in [3.63, 3.8) is 0 Å². The summed E-state index contributed by atoms with van der Waals surface area (Å²) in [6.07, 6.45) is 0. The molecule has 152 valence electrons. The second-order valence-electron chi connectivity index (χ2n) is 6.74. The van der Waals surface area contributed by atoms with Gasteiger partial charge in [0.05, 0.1) is 10.6 Å². The number of amides is 4. The summed E-state index contributed by atoms with van der Waals surface area (Å²) in [5.74, 6) is -2.39. The Kier molecular flexibility index (Phi) is 5.40. The van der Waals surface area contributed by atoms with Crippen molar-refractivity contribution in [1.82, 2.24) is 5.32 Å². The Bertz CT molecular complexity index is 1100. The Labute approximate surface area is 167 Å². The molecule has 0 spiro atoms. The van der Waals surface area contributed by atoms with Gasteiger partial charge in [-0.3, -0.25) is 9.59 Å². The molecule has 0 aliphatic carbocycles. The smallest absolute Gasteiger partial charge is 0.328 e. The summed E-state index contributed by atoms with van der Waals surface area (Å²) in [6, 6.07) is 9.77. The van der Waals surface area contributed by atoms with Crippen LogP contribution in [0.5, 0.6) is 0 Å². The van der Waals surface area contributed by atoms with E-state index < -0.39 is 33.8 Å². The van der Waals surface area contributed by atoms with Gasteiger partial charge in [0.2, 0.25) is 21.8 Å². The molecule has 29 heavy (non-hydrogen) atoms. The van der Waals surface area contributed by atoms with Crippen LogP contribution in [-0.4, -0.2) is 32.8 Å². The van der Waals surface area contributed by atoms with Crippen molar-refractivity contribution >= 4 is 39.2 Å². The predicted octanol–water partition coefficient (Wildman–Crippen LogP) is 1.26. The SMILES string of the molecule is Cc1ccc(N2C(=O)NCC(C(=O)Nc3ccc(S(N)(=O)=O)cc3)C2=O)cc1C. The van der Waals surface area contributed by atoms with Gasteiger partial charge in [-0.1, -0.05) is 6.07 Å². The van der Waals surface area contributed by atoms with Crippen LogP contribution < -0.4 is 20.7 Å². The topological polar surface area (TPSA) is 139 Å². The maximum absolute atomic E-state index is 12.9. The molecule has 1 unspecified atom stereocenters. The number of primary sulfonamides is 1. The van der Waals surface area contributed by atoms with Gasteiger partial charge >= 0.3 is 6.03 Å². The molecule has 0 saturated carbocycles. The van der Waals surface area contributed by atoms with Crippen LogP contribution in [0.1, 0.15) is 11.1 Å². The summed E-state index contributed by atoms with van der Waals surface area (Å²) in [6.45, 7) is 3.63. The molecule has 1 aliphatic rings. The molecule has 4 amide bonds. The molecule has 3 rings (SSSR count). The fourth-order valence-electron chi connectivity index (χ4n) is 2.88. The fraction of sp³-hybridized carbons (Fsp3) is 0.211. The number of anilines is 2. The zero-order valence-corrected chi connectivity index (χ0v) is 16.6. The van der Waals surface area contributed by atoms with Crippen molar-refractivity contribution in [3.05, 3.63) is 53.6 Å². The Morgan fingerprint density at radius 3 is 2.34 bits per heavy atom. The third-order valence-corrected chi connectivity index (χ3v) is 5.62. The highest BCUT2D eigenvalue weighted by Crippen LogP contribution is 2.24. The molecule has 0 radical (unpaired) electrons. The first-order valence-corrected chi connectivity index (χ1v) is 10.3. The molecule has 1 heterocycles. The molecule has 0 aromatic heterocycles. The number of rotatable bonds is 4. The number of nitrogens with zero attached hydrogens (tertiary/aromatic N) is 1. The minimum Gasteiger partial charge on any atom is -0.336 e. The van der Waals surface area contributed by atoms with Crippen molar-refractivity contribution in [2.75, 3.05) is 16.8 Å². The molecule has 2 aromatic carbocycles. The zero-order valence-electron chi connectivity index (χ0n) is 15.8. The second-order valence-corrected chi connectivity index (χ2v) is 8.30. The fourth-order valence-corrected chi connectivity index (χ4v) is 3.40. The lowest BCUT2D eigenvalue weighted by Gasteiger charge is -2.31. The van der Waals surface area contributed by atoms with Gasteiger partial charge in [0.25, 0.3) is 0 Å². The van der Waals surface area contributed by atoms with E-state index in [1.54, 1.807) is 18.2 Å². The van der Waals surface area contributed by atoms with Crippen LogP contribution in [0.3, 0.4) is 0 Å². The Morgan fingerprint density at radius 2 is 1.76 bits per heavy atom. The van der Waals surface area contributed by atoms with E-state index in [2.05, 4.69) is 10.6 Å². The maximum atomic E-state index is 12.9. The summed E-state index contributed by atoms with van der Waals surface area (Å²) >= 11 is 0. The van der Waals surface area contributed by atoms with Gasteiger partial charge < -0.3 is 10.6 Å². The first-order valence-electron chi connectivity index (χ1n) is 8.70. The summed E-state index contributed by atoms with van der Waals surface area (Å²) in [7, 11) is -3.85. The Hall–Kier alpha value is -3.24. The summed E-state index contributed by atoms with van der Waals surface area (Å²) in [5, 5.41) is 10.1. The third kappa shape index (κ3) is 4.28. The number of nitrogens with one attached hydrogen (secondary N) is 2. The lowest BCUT2D eigenvalue weighted by molar-refractivity contribution is -0.130. The van der Waals surface area contributed by atoms with E-state index in [4.69, 9.17) is 5.14 Å². The van der Waals surface area contributed by atoms with Crippen molar-refractivity contribution in [3.8, 4) is 0 Å². The van der Waals surface area contributed by atoms with Crippen LogP contribution in [0, 0.1) is 19.8 Å². The van der Waals surface area contributed by atoms with E-state index in [0.717, 1.165) is 16.0 Å². The molecule has 1 atom stereocenters. The number of carbonyl (C=O) groups excluding carboxylic acids is 3. The van der Waals surface area contributed by atoms with Crippen LogP contribution in [0.15, 0.2) is 47.4 Å². The van der Waals surface area contributed by atoms with Gasteiger partial charge in [-0.25, -0.2) is 23.3 Å². The quantitative estimate of drug-likeness (QED) is 0.644. The normalized spacial score (nSPS) is 17.1. The highest BCUT2D eigenvalue weighted by Gasteiger charge is 2.39. The second kappa shape index (κ2) is 7.64.